The Labute approximate surface area is 600 Å². The van der Waals surface area contributed by atoms with Crippen LogP contribution >= 0.6 is 0 Å². The van der Waals surface area contributed by atoms with Gasteiger partial charge in [0.25, 0.3) is 0 Å². The van der Waals surface area contributed by atoms with E-state index in [9.17, 15) is 137 Å². The minimum Gasteiger partial charge on any atom is -0.394 e. The second kappa shape index (κ2) is 37.6. The third-order valence-electron chi connectivity index (χ3n) is 19.5. The Kier molecular flexibility index (Phi) is 30.8. The summed E-state index contributed by atoms with van der Waals surface area (Å²) in [5.41, 5.74) is 0. The second-order valence-corrected chi connectivity index (χ2v) is 27.0. The monoisotopic (exact) mass is 1550 g/mol. The van der Waals surface area contributed by atoms with Crippen molar-refractivity contribution >= 4 is 17.7 Å². The standard InChI is InChI=1S/C59H99N3O44/c1-13-28(73)35(80)41(86)56(92-13)104-48-26(61-15(3)70)51(89)93-23(10-68)46(48)102-52-25(60-14(2)69)34(79)44(21(8-66)97-52)101-59-50(106-55-39(84)29(74)17(72)11-90-55)49(33(78)24(99-59)12-91-54-40(85)36(81)30(75)18(5-63)95-54)105-58-43(88)38(83)45(22(9-67)98-58)100-53-27(62-16(4)71)47(32(77)20(7-65)94-53)103-57-42(87)37(82)31(76)19(6-64)96-57/h13,17-59,63-68,72-89H,5-12H2,1-4H3,(H,60,69)(H,61,70)(H,62,71)/t13-,17+,18+,19+,20+,21+,22+,23+,24+,25+,26+,27+,28+,29-,30+,31-,32+,33+,34+,35+,36+,37-,38+,39+,40-,41-,42+,43-,44+,45+,46+,47+,48+,49-,50-,51+,52-,53-,54-,55-,56-,57-,58+,59-/m0/s1. The Hall–Kier alpha value is -3.23. The molecule has 44 atom stereocenters. The van der Waals surface area contributed by atoms with Gasteiger partial charge in [-0.05, 0) is 6.92 Å². The molecule has 106 heavy (non-hydrogen) atoms. The van der Waals surface area contributed by atoms with E-state index in [0.717, 1.165) is 20.8 Å². The topological polar surface area (TPSA) is 730 Å². The van der Waals surface area contributed by atoms with Gasteiger partial charge in [0.15, 0.2) is 56.6 Å². The summed E-state index contributed by atoms with van der Waals surface area (Å²) in [6.07, 6.45) is -83.6. The van der Waals surface area contributed by atoms with Gasteiger partial charge in [-0.1, -0.05) is 0 Å². The number of amides is 3. The van der Waals surface area contributed by atoms with Crippen LogP contribution in [0, 0.1) is 0 Å². The zero-order chi connectivity index (χ0) is 77.9. The highest BCUT2D eigenvalue weighted by Gasteiger charge is 2.61. The predicted octanol–water partition coefficient (Wildman–Crippen LogP) is -18.5. The van der Waals surface area contributed by atoms with E-state index in [2.05, 4.69) is 16.0 Å². The van der Waals surface area contributed by atoms with Crippen molar-refractivity contribution in [3.05, 3.63) is 0 Å². The van der Waals surface area contributed by atoms with Crippen molar-refractivity contribution in [1.29, 1.82) is 0 Å². The molecule has 9 fully saturated rings. The van der Waals surface area contributed by atoms with Crippen molar-refractivity contribution in [2.75, 3.05) is 52.9 Å². The fourth-order valence-electron chi connectivity index (χ4n) is 13.7. The number of hydrogen-bond acceptors (Lipinski definition) is 44. The van der Waals surface area contributed by atoms with E-state index in [4.69, 9.17) is 80.5 Å². The van der Waals surface area contributed by atoms with Crippen molar-refractivity contribution in [3.8, 4) is 0 Å². The lowest BCUT2D eigenvalue weighted by molar-refractivity contribution is -0.408. The van der Waals surface area contributed by atoms with Crippen molar-refractivity contribution in [3.63, 3.8) is 0 Å². The van der Waals surface area contributed by atoms with Crippen molar-refractivity contribution < 1.29 is 217 Å². The maximum absolute atomic E-state index is 13.2. The second-order valence-electron chi connectivity index (χ2n) is 27.0. The molecule has 614 valence electrons. The zero-order valence-electron chi connectivity index (χ0n) is 57.0. The van der Waals surface area contributed by atoms with E-state index in [1.165, 1.54) is 6.92 Å². The molecule has 0 bridgehead atoms. The van der Waals surface area contributed by atoms with Crippen molar-refractivity contribution in [2.45, 2.75) is 298 Å². The van der Waals surface area contributed by atoms with Crippen LogP contribution in [-0.2, 0) is 94.9 Å². The number of carbonyl (C=O) groups excluding carboxylic acids is 3. The van der Waals surface area contributed by atoms with Crippen LogP contribution < -0.4 is 16.0 Å². The molecule has 0 aromatic rings. The molecule has 9 aliphatic rings. The summed E-state index contributed by atoms with van der Waals surface area (Å²) < 4.78 is 101. The van der Waals surface area contributed by atoms with E-state index >= 15 is 0 Å². The number of nitrogens with one attached hydrogen (secondary N) is 3. The molecular weight excluding hydrogens is 1450 g/mol. The van der Waals surface area contributed by atoms with Gasteiger partial charge >= 0.3 is 0 Å². The van der Waals surface area contributed by atoms with Crippen LogP contribution in [0.3, 0.4) is 0 Å². The van der Waals surface area contributed by atoms with Gasteiger partial charge in [0.2, 0.25) is 17.7 Å². The average molecular weight is 1550 g/mol. The zero-order valence-corrected chi connectivity index (χ0v) is 57.0. The summed E-state index contributed by atoms with van der Waals surface area (Å²) in [7, 11) is 0. The van der Waals surface area contributed by atoms with Gasteiger partial charge < -0.3 is 219 Å². The van der Waals surface area contributed by atoms with Gasteiger partial charge in [0.1, 0.15) is 207 Å². The lowest BCUT2D eigenvalue weighted by Crippen LogP contribution is -2.71. The van der Waals surface area contributed by atoms with Gasteiger partial charge in [-0.25, -0.2) is 0 Å². The van der Waals surface area contributed by atoms with Crippen LogP contribution in [0.25, 0.3) is 0 Å². The Balaban J connectivity index is 1.06. The first kappa shape index (κ1) is 86.7. The van der Waals surface area contributed by atoms with Gasteiger partial charge in [0.05, 0.1) is 59.0 Å². The normalized spacial score (nSPS) is 50.4. The molecule has 9 saturated heterocycles. The Bertz CT molecular complexity index is 2760. The highest BCUT2D eigenvalue weighted by molar-refractivity contribution is 5.74. The highest BCUT2D eigenvalue weighted by Crippen LogP contribution is 2.40. The van der Waals surface area contributed by atoms with E-state index in [1.807, 2.05) is 0 Å². The smallest absolute Gasteiger partial charge is 0.217 e. The molecule has 0 aliphatic carbocycles. The van der Waals surface area contributed by atoms with Gasteiger partial charge in [-0.2, -0.15) is 0 Å². The van der Waals surface area contributed by atoms with E-state index in [-0.39, 0.29) is 0 Å². The molecule has 9 heterocycles. The summed E-state index contributed by atoms with van der Waals surface area (Å²) in [5, 5.41) is 272. The summed E-state index contributed by atoms with van der Waals surface area (Å²) in [5.74, 6) is -2.72. The maximum Gasteiger partial charge on any atom is 0.217 e. The minimum absolute atomic E-state index is 0.812. The maximum atomic E-state index is 13.2. The van der Waals surface area contributed by atoms with Gasteiger partial charge in [-0.3, -0.25) is 14.4 Å². The molecule has 0 radical (unpaired) electrons. The summed E-state index contributed by atoms with van der Waals surface area (Å²) in [4.78, 5) is 38.8. The molecule has 47 nitrogen and oxygen atoms in total. The number of aliphatic hydroxyl groups excluding tert-OH is 24. The molecular formula is C59H99N3O44. The molecule has 3 amide bonds. The van der Waals surface area contributed by atoms with Crippen molar-refractivity contribution in [1.82, 2.24) is 16.0 Å². The molecule has 0 spiro atoms. The third-order valence-corrected chi connectivity index (χ3v) is 19.5. The summed E-state index contributed by atoms with van der Waals surface area (Å²) in [6, 6.07) is -5.57. The Morgan fingerprint density at radius 1 is 0.302 bits per heavy atom. The quantitative estimate of drug-likeness (QED) is 0.0382. The number of aliphatic hydroxyl groups is 24. The first-order valence-electron chi connectivity index (χ1n) is 33.9. The molecule has 0 aromatic carbocycles. The van der Waals surface area contributed by atoms with Crippen LogP contribution in [0.1, 0.15) is 27.7 Å². The molecule has 0 aromatic heterocycles. The molecule has 0 unspecified atom stereocenters. The Morgan fingerprint density at radius 2 is 0.670 bits per heavy atom. The summed E-state index contributed by atoms with van der Waals surface area (Å²) in [6.45, 7) is -4.24. The van der Waals surface area contributed by atoms with Gasteiger partial charge in [0, 0.05) is 20.8 Å². The average Bonchev–Trinajstić information content (AvgIpc) is 0.759. The van der Waals surface area contributed by atoms with Crippen LogP contribution in [0.15, 0.2) is 0 Å². The van der Waals surface area contributed by atoms with Crippen molar-refractivity contribution in [2.24, 2.45) is 0 Å². The van der Waals surface area contributed by atoms with Crippen LogP contribution in [0.2, 0.25) is 0 Å². The molecule has 27 N–H and O–H groups in total. The molecule has 9 rings (SSSR count). The summed E-state index contributed by atoms with van der Waals surface area (Å²) >= 11 is 0. The van der Waals surface area contributed by atoms with E-state index in [1.54, 1.807) is 0 Å². The number of hydrogen-bond donors (Lipinski definition) is 27. The Morgan fingerprint density at radius 3 is 1.24 bits per heavy atom. The lowest BCUT2D eigenvalue weighted by Gasteiger charge is -2.52. The van der Waals surface area contributed by atoms with E-state index in [0.29, 0.717) is 0 Å². The number of rotatable bonds is 26. The molecule has 47 heteroatoms. The van der Waals surface area contributed by atoms with Crippen LogP contribution in [-0.4, -0.2) is 463 Å². The number of ether oxygens (including phenoxy) is 17. The largest absolute Gasteiger partial charge is 0.394 e. The fraction of sp³-hybridized carbons (Fsp3) is 0.949. The van der Waals surface area contributed by atoms with E-state index < -0.39 is 341 Å². The van der Waals surface area contributed by atoms with Gasteiger partial charge in [-0.15, -0.1) is 0 Å². The first-order chi connectivity index (χ1) is 50.1. The predicted molar refractivity (Wildman–Crippen MR) is 324 cm³/mol. The molecule has 0 saturated carbocycles. The fourth-order valence-corrected chi connectivity index (χ4v) is 13.7. The molecule has 9 aliphatic heterocycles. The minimum atomic E-state index is -2.52. The van der Waals surface area contributed by atoms with Crippen LogP contribution in [0.5, 0.6) is 0 Å². The SMILES string of the molecule is CC(=O)N[C@@H]1[C@@H](O[C@@H]2O[C@@H](C)[C@@H](O)[C@@H](O)[C@@H]2O)[C@H](O[C@@H]2O[C@H](CO)[C@@H](O[C@@H]3O[C@H](CO[C@H]4O[C@H](CO)[C@@H](O)[C@@H](O)[C@@H]4O)[C@@H](O)[C@H](O[C@H]4O[C@H](CO)[C@@H](O[C@@H]5O[C@H](CO)[C@@H](O)[C@H](O[C@@H]6O[C@H](CO)[C@H](O)[C@H](O)[C@H]6O)[C@H]5NC(C)=O)[C@H](O)[C@@H]4O)[C@@H]3O[C@@H]3OC[C@@H](O)[C@H](O)[C@H]3O)[C@H](O)[C@H]2NC(C)=O)[C@@H](CO)O[C@H]1O. The van der Waals surface area contributed by atoms with Crippen LogP contribution in [0.4, 0.5) is 0 Å². The number of carbonyl (C=O) groups is 3. The lowest BCUT2D eigenvalue weighted by atomic mass is 9.93. The first-order valence-corrected chi connectivity index (χ1v) is 33.9. The third kappa shape index (κ3) is 18.8. The highest BCUT2D eigenvalue weighted by atomic mass is 16.8.